The molecule has 0 saturated heterocycles. The van der Waals surface area contributed by atoms with Crippen LogP contribution in [0.1, 0.15) is 18.4 Å². The van der Waals surface area contributed by atoms with Crippen LogP contribution >= 0.6 is 0 Å². The molecule has 13 heavy (non-hydrogen) atoms. The predicted octanol–water partition coefficient (Wildman–Crippen LogP) is 1.60. The molecule has 0 aromatic heterocycles. The minimum Gasteiger partial charge on any atom is -0.393 e. The molecule has 2 heteroatoms. The van der Waals surface area contributed by atoms with Crippen LogP contribution in [0.2, 0.25) is 0 Å². The minimum absolute atomic E-state index is 0.258. The van der Waals surface area contributed by atoms with Crippen LogP contribution in [0.15, 0.2) is 24.3 Å². The van der Waals surface area contributed by atoms with Crippen LogP contribution in [0.4, 0.5) is 5.69 Å². The first kappa shape index (κ1) is 8.57. The van der Waals surface area contributed by atoms with Crippen LogP contribution in [-0.4, -0.2) is 24.8 Å². The van der Waals surface area contributed by atoms with Crippen LogP contribution in [0.25, 0.3) is 0 Å². The van der Waals surface area contributed by atoms with Crippen LogP contribution in [0.5, 0.6) is 0 Å². The zero-order valence-corrected chi connectivity index (χ0v) is 8.07. The van der Waals surface area contributed by atoms with E-state index in [1.54, 1.807) is 0 Å². The Balaban J connectivity index is 2.41. The number of benzene rings is 1. The predicted molar refractivity (Wildman–Crippen MR) is 54.1 cm³/mol. The van der Waals surface area contributed by atoms with Crippen molar-refractivity contribution in [2.75, 3.05) is 18.5 Å². The van der Waals surface area contributed by atoms with Gasteiger partial charge in [-0.3, -0.25) is 0 Å². The summed E-state index contributed by atoms with van der Waals surface area (Å²) in [6.07, 6.45) is -0.258. The standard InChI is InChI=1S/C11H15NO/c1-8(13)10-7-12(2)11-6-4-3-5-9(10)11/h3-6,8,10,13H,7H2,1-2H3. The first-order valence-corrected chi connectivity index (χ1v) is 4.68. The lowest BCUT2D eigenvalue weighted by Crippen LogP contribution is -2.21. The molecule has 1 aliphatic rings. The summed E-state index contributed by atoms with van der Waals surface area (Å²) >= 11 is 0. The number of nitrogens with zero attached hydrogens (tertiary/aromatic N) is 1. The lowest BCUT2D eigenvalue weighted by molar-refractivity contribution is 0.167. The lowest BCUT2D eigenvalue weighted by Gasteiger charge is -2.14. The van der Waals surface area contributed by atoms with Crippen LogP contribution in [0, 0.1) is 0 Å². The van der Waals surface area contributed by atoms with Gasteiger partial charge in [-0.25, -0.2) is 0 Å². The van der Waals surface area contributed by atoms with E-state index in [2.05, 4.69) is 24.1 Å². The van der Waals surface area contributed by atoms with Crippen molar-refractivity contribution in [1.82, 2.24) is 0 Å². The Morgan fingerprint density at radius 3 is 2.85 bits per heavy atom. The highest BCUT2D eigenvalue weighted by molar-refractivity contribution is 5.59. The Bertz CT molecular complexity index is 309. The highest BCUT2D eigenvalue weighted by Crippen LogP contribution is 2.36. The summed E-state index contributed by atoms with van der Waals surface area (Å²) in [5, 5.41) is 9.59. The van der Waals surface area contributed by atoms with Crippen molar-refractivity contribution in [2.24, 2.45) is 0 Å². The van der Waals surface area contributed by atoms with Gasteiger partial charge in [0, 0.05) is 25.2 Å². The molecule has 1 N–H and O–H groups in total. The molecule has 0 saturated carbocycles. The van der Waals surface area contributed by atoms with Gasteiger partial charge in [0.1, 0.15) is 0 Å². The summed E-state index contributed by atoms with van der Waals surface area (Å²) in [4.78, 5) is 2.20. The fourth-order valence-electron chi connectivity index (χ4n) is 2.05. The maximum absolute atomic E-state index is 9.59. The number of likely N-dealkylation sites (N-methyl/N-ethyl adjacent to an activating group) is 1. The number of aliphatic hydroxyl groups excluding tert-OH is 1. The minimum atomic E-state index is -0.258. The van der Waals surface area contributed by atoms with Gasteiger partial charge in [0.25, 0.3) is 0 Å². The number of rotatable bonds is 1. The van der Waals surface area contributed by atoms with Crippen molar-refractivity contribution in [3.63, 3.8) is 0 Å². The fourth-order valence-corrected chi connectivity index (χ4v) is 2.05. The molecule has 1 aromatic carbocycles. The number of hydrogen-bond donors (Lipinski definition) is 1. The molecule has 0 fully saturated rings. The third-order valence-corrected chi connectivity index (χ3v) is 2.80. The maximum Gasteiger partial charge on any atom is 0.0598 e. The molecule has 0 bridgehead atoms. The van der Waals surface area contributed by atoms with Gasteiger partial charge in [0.15, 0.2) is 0 Å². The van der Waals surface area contributed by atoms with E-state index in [0.717, 1.165) is 6.54 Å². The highest BCUT2D eigenvalue weighted by atomic mass is 16.3. The van der Waals surface area contributed by atoms with Crippen molar-refractivity contribution in [3.8, 4) is 0 Å². The van der Waals surface area contributed by atoms with Gasteiger partial charge in [0.05, 0.1) is 6.10 Å². The molecule has 2 rings (SSSR count). The zero-order chi connectivity index (χ0) is 9.42. The van der Waals surface area contributed by atoms with E-state index in [0.29, 0.717) is 0 Å². The molecule has 70 valence electrons. The smallest absolute Gasteiger partial charge is 0.0598 e. The number of aliphatic hydroxyl groups is 1. The van der Waals surface area contributed by atoms with Crippen molar-refractivity contribution in [2.45, 2.75) is 18.9 Å². The van der Waals surface area contributed by atoms with E-state index in [4.69, 9.17) is 0 Å². The Kier molecular flexibility index (Phi) is 2.00. The van der Waals surface area contributed by atoms with Gasteiger partial charge in [-0.1, -0.05) is 18.2 Å². The Morgan fingerprint density at radius 1 is 1.46 bits per heavy atom. The van der Waals surface area contributed by atoms with E-state index in [9.17, 15) is 5.11 Å². The van der Waals surface area contributed by atoms with E-state index in [1.807, 2.05) is 19.1 Å². The van der Waals surface area contributed by atoms with Crippen molar-refractivity contribution < 1.29 is 5.11 Å². The second kappa shape index (κ2) is 3.04. The summed E-state index contributed by atoms with van der Waals surface area (Å²) in [5.74, 6) is 0.279. The maximum atomic E-state index is 9.59. The Morgan fingerprint density at radius 2 is 2.15 bits per heavy atom. The molecule has 1 aromatic rings. The molecule has 1 heterocycles. The topological polar surface area (TPSA) is 23.5 Å². The quantitative estimate of drug-likeness (QED) is 0.704. The van der Waals surface area contributed by atoms with Crippen LogP contribution in [-0.2, 0) is 0 Å². The second-order valence-corrected chi connectivity index (χ2v) is 3.79. The molecule has 0 spiro atoms. The van der Waals surface area contributed by atoms with Gasteiger partial charge in [0.2, 0.25) is 0 Å². The fraction of sp³-hybridized carbons (Fsp3) is 0.455. The molecule has 2 atom stereocenters. The summed E-state index contributed by atoms with van der Waals surface area (Å²) in [5.41, 5.74) is 2.54. The molecular formula is C11H15NO. The number of fused-ring (bicyclic) bond motifs is 1. The summed E-state index contributed by atoms with van der Waals surface area (Å²) < 4.78 is 0. The van der Waals surface area contributed by atoms with Gasteiger partial charge < -0.3 is 10.0 Å². The van der Waals surface area contributed by atoms with Crippen LogP contribution < -0.4 is 4.90 Å². The molecule has 0 amide bonds. The van der Waals surface area contributed by atoms with Gasteiger partial charge >= 0.3 is 0 Å². The summed E-state index contributed by atoms with van der Waals surface area (Å²) in [7, 11) is 2.07. The molecule has 2 nitrogen and oxygen atoms in total. The lowest BCUT2D eigenvalue weighted by atomic mass is 9.97. The first-order valence-electron chi connectivity index (χ1n) is 4.68. The summed E-state index contributed by atoms with van der Waals surface area (Å²) in [6.45, 7) is 2.79. The molecule has 1 aliphatic heterocycles. The van der Waals surface area contributed by atoms with Gasteiger partial charge in [-0.05, 0) is 18.6 Å². The van der Waals surface area contributed by atoms with Crippen molar-refractivity contribution in [3.05, 3.63) is 29.8 Å². The first-order chi connectivity index (χ1) is 6.20. The zero-order valence-electron chi connectivity index (χ0n) is 8.07. The third-order valence-electron chi connectivity index (χ3n) is 2.80. The largest absolute Gasteiger partial charge is 0.393 e. The Labute approximate surface area is 78.8 Å². The average Bonchev–Trinajstić information content (AvgIpc) is 2.45. The monoisotopic (exact) mass is 177 g/mol. The van der Waals surface area contributed by atoms with Gasteiger partial charge in [-0.2, -0.15) is 0 Å². The Hall–Kier alpha value is -1.02. The number of hydrogen-bond acceptors (Lipinski definition) is 2. The SMILES string of the molecule is CC(O)C1CN(C)c2ccccc21. The van der Waals surface area contributed by atoms with Crippen molar-refractivity contribution in [1.29, 1.82) is 0 Å². The number of anilines is 1. The third kappa shape index (κ3) is 1.31. The number of para-hydroxylation sites is 1. The van der Waals surface area contributed by atoms with E-state index in [-0.39, 0.29) is 12.0 Å². The molecule has 2 unspecified atom stereocenters. The highest BCUT2D eigenvalue weighted by Gasteiger charge is 2.28. The van der Waals surface area contributed by atoms with E-state index >= 15 is 0 Å². The second-order valence-electron chi connectivity index (χ2n) is 3.79. The van der Waals surface area contributed by atoms with Crippen LogP contribution in [0.3, 0.4) is 0 Å². The molecular weight excluding hydrogens is 162 g/mol. The molecule has 0 radical (unpaired) electrons. The van der Waals surface area contributed by atoms with Gasteiger partial charge in [-0.15, -0.1) is 0 Å². The summed E-state index contributed by atoms with van der Waals surface area (Å²) in [6, 6.07) is 8.29. The molecule has 0 aliphatic carbocycles. The van der Waals surface area contributed by atoms with Crippen molar-refractivity contribution >= 4 is 5.69 Å². The van der Waals surface area contributed by atoms with E-state index < -0.39 is 0 Å². The normalized spacial score (nSPS) is 23.0. The van der Waals surface area contributed by atoms with E-state index in [1.165, 1.54) is 11.3 Å². The average molecular weight is 177 g/mol.